The van der Waals surface area contributed by atoms with Crippen LogP contribution in [0.2, 0.25) is 0 Å². The van der Waals surface area contributed by atoms with Crippen molar-refractivity contribution in [2.75, 3.05) is 24.5 Å². The molecule has 0 unspecified atom stereocenters. The Morgan fingerprint density at radius 1 is 1.14 bits per heavy atom. The smallest absolute Gasteiger partial charge is 0.158 e. The summed E-state index contributed by atoms with van der Waals surface area (Å²) >= 11 is 0. The van der Waals surface area contributed by atoms with Crippen molar-refractivity contribution in [2.45, 2.75) is 13.5 Å². The first kappa shape index (κ1) is 15.0. The van der Waals surface area contributed by atoms with Crippen molar-refractivity contribution in [3.05, 3.63) is 36.2 Å². The minimum Gasteiger partial charge on any atom is -0.497 e. The van der Waals surface area contributed by atoms with Crippen LogP contribution in [-0.4, -0.2) is 23.7 Å². The van der Waals surface area contributed by atoms with E-state index in [1.54, 1.807) is 13.2 Å². The minimum absolute atomic E-state index is 0.337. The van der Waals surface area contributed by atoms with Gasteiger partial charge in [0.15, 0.2) is 5.82 Å². The molecule has 0 amide bonds. The number of nitrogens with two attached hydrogens (primary N) is 1. The van der Waals surface area contributed by atoms with Crippen LogP contribution in [0.1, 0.15) is 12.7 Å². The molecular formula is C14H19N5O2. The predicted octanol–water partition coefficient (Wildman–Crippen LogP) is 2.05. The summed E-state index contributed by atoms with van der Waals surface area (Å²) in [7, 11) is 1.63. The molecule has 7 nitrogen and oxygen atoms in total. The highest BCUT2D eigenvalue weighted by molar-refractivity contribution is 5.59. The molecule has 1 aromatic heterocycles. The molecular weight excluding hydrogens is 270 g/mol. The van der Waals surface area contributed by atoms with Gasteiger partial charge in [-0.05, 0) is 31.2 Å². The van der Waals surface area contributed by atoms with Gasteiger partial charge in [-0.2, -0.15) is 0 Å². The number of hydrogen-bond acceptors (Lipinski definition) is 7. The zero-order chi connectivity index (χ0) is 15.1. The van der Waals surface area contributed by atoms with Gasteiger partial charge in [0.1, 0.15) is 24.0 Å². The Kier molecular flexibility index (Phi) is 5.30. The van der Waals surface area contributed by atoms with Gasteiger partial charge in [-0.3, -0.25) is 0 Å². The number of hydrazine groups is 1. The molecule has 0 atom stereocenters. The second kappa shape index (κ2) is 7.41. The predicted molar refractivity (Wildman–Crippen MR) is 81.4 cm³/mol. The second-order valence-electron chi connectivity index (χ2n) is 4.19. The van der Waals surface area contributed by atoms with Gasteiger partial charge in [-0.15, -0.1) is 0 Å². The Balaban J connectivity index is 2.16. The molecule has 21 heavy (non-hydrogen) atoms. The van der Waals surface area contributed by atoms with Crippen LogP contribution in [0.15, 0.2) is 30.3 Å². The summed E-state index contributed by atoms with van der Waals surface area (Å²) in [5, 5.41) is 3.19. The Bertz CT molecular complexity index is 574. The minimum atomic E-state index is 0.337. The van der Waals surface area contributed by atoms with Gasteiger partial charge in [-0.1, -0.05) is 0 Å². The van der Waals surface area contributed by atoms with E-state index in [1.807, 2.05) is 31.2 Å². The first-order valence-electron chi connectivity index (χ1n) is 6.58. The molecule has 0 aliphatic rings. The number of nitrogen functional groups attached to an aromatic ring is 1. The summed E-state index contributed by atoms with van der Waals surface area (Å²) in [6.07, 6.45) is 0. The molecule has 0 aliphatic heterocycles. The van der Waals surface area contributed by atoms with E-state index in [0.29, 0.717) is 30.7 Å². The monoisotopic (exact) mass is 289 g/mol. The maximum absolute atomic E-state index is 5.42. The zero-order valence-corrected chi connectivity index (χ0v) is 12.1. The number of ether oxygens (including phenoxy) is 2. The average Bonchev–Trinajstić information content (AvgIpc) is 2.53. The van der Waals surface area contributed by atoms with Crippen LogP contribution in [0, 0.1) is 0 Å². The second-order valence-corrected chi connectivity index (χ2v) is 4.19. The van der Waals surface area contributed by atoms with E-state index in [4.69, 9.17) is 15.3 Å². The van der Waals surface area contributed by atoms with Gasteiger partial charge in [0.25, 0.3) is 0 Å². The van der Waals surface area contributed by atoms with E-state index < -0.39 is 0 Å². The topological polar surface area (TPSA) is 94.3 Å². The number of nitrogens with zero attached hydrogens (tertiary/aromatic N) is 2. The summed E-state index contributed by atoms with van der Waals surface area (Å²) in [5.74, 6) is 7.94. The largest absolute Gasteiger partial charge is 0.497 e. The molecule has 1 heterocycles. The summed E-state index contributed by atoms with van der Waals surface area (Å²) in [6.45, 7) is 2.86. The number of nitrogens with one attached hydrogen (secondary N) is 2. The summed E-state index contributed by atoms with van der Waals surface area (Å²) < 4.78 is 10.4. The lowest BCUT2D eigenvalue weighted by molar-refractivity contribution is 0.128. The maximum atomic E-state index is 5.42. The Morgan fingerprint density at radius 2 is 1.86 bits per heavy atom. The number of benzene rings is 1. The number of anilines is 3. The number of rotatable bonds is 7. The fourth-order valence-electron chi connectivity index (χ4n) is 1.72. The van der Waals surface area contributed by atoms with E-state index in [1.165, 1.54) is 0 Å². The third kappa shape index (κ3) is 4.30. The van der Waals surface area contributed by atoms with Gasteiger partial charge in [0.2, 0.25) is 0 Å². The number of aromatic nitrogens is 2. The van der Waals surface area contributed by atoms with Crippen LogP contribution in [-0.2, 0) is 11.3 Å². The standard InChI is InChI=1S/C14H19N5O2/c1-3-21-9-14-17-12(8-13(18-14)19-15)16-10-4-6-11(20-2)7-5-10/h4-8H,3,9,15H2,1-2H3,(H2,16,17,18,19). The van der Waals surface area contributed by atoms with Crippen LogP contribution in [0.25, 0.3) is 0 Å². The first-order chi connectivity index (χ1) is 10.2. The normalized spacial score (nSPS) is 10.2. The van der Waals surface area contributed by atoms with Gasteiger partial charge < -0.3 is 20.2 Å². The molecule has 0 saturated carbocycles. The quantitative estimate of drug-likeness (QED) is 0.530. The highest BCUT2D eigenvalue weighted by atomic mass is 16.5. The molecule has 2 aromatic rings. The molecule has 0 spiro atoms. The zero-order valence-electron chi connectivity index (χ0n) is 12.1. The SMILES string of the molecule is CCOCc1nc(NN)cc(Nc2ccc(OC)cc2)n1. The molecule has 1 aromatic carbocycles. The van der Waals surface area contributed by atoms with Crippen LogP contribution in [0.5, 0.6) is 5.75 Å². The summed E-state index contributed by atoms with van der Waals surface area (Å²) in [4.78, 5) is 8.61. The Hall–Kier alpha value is -2.38. The van der Waals surface area contributed by atoms with E-state index in [0.717, 1.165) is 11.4 Å². The maximum Gasteiger partial charge on any atom is 0.158 e. The Morgan fingerprint density at radius 3 is 2.48 bits per heavy atom. The van der Waals surface area contributed by atoms with Crippen molar-refractivity contribution >= 4 is 17.3 Å². The Labute approximate surface area is 123 Å². The average molecular weight is 289 g/mol. The molecule has 7 heteroatoms. The van der Waals surface area contributed by atoms with E-state index in [-0.39, 0.29) is 0 Å². The van der Waals surface area contributed by atoms with Crippen molar-refractivity contribution in [3.63, 3.8) is 0 Å². The van der Waals surface area contributed by atoms with E-state index in [2.05, 4.69) is 20.7 Å². The lowest BCUT2D eigenvalue weighted by Gasteiger charge is -2.10. The van der Waals surface area contributed by atoms with Gasteiger partial charge in [-0.25, -0.2) is 15.8 Å². The molecule has 0 saturated heterocycles. The van der Waals surface area contributed by atoms with E-state index >= 15 is 0 Å². The fraction of sp³-hybridized carbons (Fsp3) is 0.286. The van der Waals surface area contributed by atoms with Crippen LogP contribution in [0.4, 0.5) is 17.3 Å². The van der Waals surface area contributed by atoms with Crippen molar-refractivity contribution in [1.82, 2.24) is 9.97 Å². The van der Waals surface area contributed by atoms with Crippen LogP contribution < -0.4 is 21.3 Å². The van der Waals surface area contributed by atoms with Crippen LogP contribution >= 0.6 is 0 Å². The molecule has 0 fully saturated rings. The van der Waals surface area contributed by atoms with Crippen LogP contribution in [0.3, 0.4) is 0 Å². The molecule has 0 radical (unpaired) electrons. The highest BCUT2D eigenvalue weighted by Crippen LogP contribution is 2.20. The number of hydrogen-bond donors (Lipinski definition) is 3. The molecule has 112 valence electrons. The first-order valence-corrected chi connectivity index (χ1v) is 6.58. The lowest BCUT2D eigenvalue weighted by Crippen LogP contribution is -2.12. The van der Waals surface area contributed by atoms with Gasteiger partial charge >= 0.3 is 0 Å². The van der Waals surface area contributed by atoms with Gasteiger partial charge in [0.05, 0.1) is 7.11 Å². The summed E-state index contributed by atoms with van der Waals surface area (Å²) in [5.41, 5.74) is 3.41. The van der Waals surface area contributed by atoms with Crippen molar-refractivity contribution in [3.8, 4) is 5.75 Å². The van der Waals surface area contributed by atoms with Crippen molar-refractivity contribution < 1.29 is 9.47 Å². The fourth-order valence-corrected chi connectivity index (χ4v) is 1.72. The number of methoxy groups -OCH3 is 1. The van der Waals surface area contributed by atoms with E-state index in [9.17, 15) is 0 Å². The lowest BCUT2D eigenvalue weighted by atomic mass is 10.3. The molecule has 2 rings (SSSR count). The molecule has 0 aliphatic carbocycles. The van der Waals surface area contributed by atoms with Crippen molar-refractivity contribution in [1.29, 1.82) is 0 Å². The summed E-state index contributed by atoms with van der Waals surface area (Å²) in [6, 6.07) is 9.26. The highest BCUT2D eigenvalue weighted by Gasteiger charge is 2.05. The third-order valence-electron chi connectivity index (χ3n) is 2.72. The van der Waals surface area contributed by atoms with Gasteiger partial charge in [0, 0.05) is 18.4 Å². The molecule has 4 N–H and O–H groups in total. The van der Waals surface area contributed by atoms with Crippen molar-refractivity contribution in [2.24, 2.45) is 5.84 Å². The third-order valence-corrected chi connectivity index (χ3v) is 2.72. The molecule has 0 bridgehead atoms.